The zero-order valence-corrected chi connectivity index (χ0v) is 60.5. The Morgan fingerprint density at radius 3 is 1.23 bits per heavy atom. The molecule has 25 heteroatoms. The number of aromatic carboxylic acids is 1. The molecule has 4 aromatic carbocycles. The Bertz CT molecular complexity index is 3820. The first kappa shape index (κ1) is 74.7. The third-order valence-electron chi connectivity index (χ3n) is 18.9. The van der Waals surface area contributed by atoms with Gasteiger partial charge in [0.1, 0.15) is 0 Å². The van der Waals surface area contributed by atoms with Crippen molar-refractivity contribution in [3.63, 3.8) is 0 Å². The number of esters is 3. The molecule has 7 fully saturated rings. The maximum atomic E-state index is 11.8. The van der Waals surface area contributed by atoms with Crippen LogP contribution in [0.1, 0.15) is 114 Å². The Hall–Kier alpha value is -5.97. The quantitative estimate of drug-likeness (QED) is 0.0315. The van der Waals surface area contributed by atoms with Crippen molar-refractivity contribution in [2.45, 2.75) is 82.2 Å². The number of carboxylic acids is 1. The van der Waals surface area contributed by atoms with Crippen molar-refractivity contribution in [2.24, 2.45) is 0 Å². The number of halogens is 3. The van der Waals surface area contributed by atoms with Gasteiger partial charge in [-0.15, -0.1) is 11.6 Å². The lowest BCUT2D eigenvalue weighted by Crippen LogP contribution is -2.38. The standard InChI is InChI=1S/C19H24N2O3.C18H22N2O3.C16H19BrN2O3.C11H9BrO2.C6H12ClNO.C3H7BO2/c1-23-19(22)15-4-5-18-16(12-15)17(14-2-3-14)13-21(18)7-6-20-8-10-24-11-9-20;21-18(22)14-3-4-17-15(11-14)16(13-1-2-13)12-20(17)6-5-19-7-9-23-10-8-19;1-21-16(20)12-2-3-15-13(10-12)14(17)11-19(15)5-4-18-6-8-22-9-7-18;1-14-11(13)8-3-2-7-4-5-10(12)9(7)6-8;7-1-2-8-3-5-9-6-4-8;5-4(6)3-1-2-3/h4-5,12-14H,2-3,6-11H2,1H3;3-4,11-13H,1-2,5-10H2,(H,21,22);2-3,10-11H,4-9H2,1H3;2-3,5-6H,4H2,1H3;1-6H2;3,5-6H,1-2H2. The number of benzene rings is 4. The predicted octanol–water partition coefficient (Wildman–Crippen LogP) is 10.7. The Balaban J connectivity index is 0.000000133. The summed E-state index contributed by atoms with van der Waals surface area (Å²) in [4.78, 5) is 55.6. The number of hydrogen-bond acceptors (Lipinski definition) is 17. The number of nitrogens with zero attached hydrogens (tertiary/aromatic N) is 7. The topological polar surface area (TPSA) is 221 Å². The first-order valence-corrected chi connectivity index (χ1v) is 36.4. The molecule has 98 heavy (non-hydrogen) atoms. The van der Waals surface area contributed by atoms with Crippen LogP contribution in [0.15, 0.2) is 102 Å². The summed E-state index contributed by atoms with van der Waals surface area (Å²) >= 11 is 12.6. The van der Waals surface area contributed by atoms with Crippen LogP contribution in [-0.4, -0.2) is 238 Å². The minimum atomic E-state index is -1.04. The number of methoxy groups -OCH3 is 3. The van der Waals surface area contributed by atoms with Crippen LogP contribution in [0.2, 0.25) is 5.82 Å². The van der Waals surface area contributed by atoms with Crippen LogP contribution in [0.3, 0.4) is 0 Å². The van der Waals surface area contributed by atoms with Gasteiger partial charge in [0.25, 0.3) is 0 Å². The van der Waals surface area contributed by atoms with Crippen LogP contribution in [0, 0.1) is 0 Å². The second-order valence-electron chi connectivity index (χ2n) is 25.6. The van der Waals surface area contributed by atoms with Crippen molar-refractivity contribution in [2.75, 3.05) is 159 Å². The van der Waals surface area contributed by atoms with Gasteiger partial charge in [-0.05, 0) is 155 Å². The van der Waals surface area contributed by atoms with E-state index in [1.165, 1.54) is 74.6 Å². The smallest absolute Gasteiger partial charge is 0.454 e. The monoisotopic (exact) mass is 1500 g/mol. The normalized spacial score (nSPS) is 18.0. The molecular weight excluding hydrogens is 1400 g/mol. The summed E-state index contributed by atoms with van der Waals surface area (Å²) in [5.41, 5.74) is 10.7. The fraction of sp³-hybridized carbons (Fsp3) is 0.507. The van der Waals surface area contributed by atoms with Gasteiger partial charge in [-0.3, -0.25) is 19.6 Å². The molecule has 4 saturated heterocycles. The van der Waals surface area contributed by atoms with Gasteiger partial charge in [0, 0.05) is 164 Å². The largest absolute Gasteiger partial charge is 0.478 e. The number of carboxylic acid groups (broad SMARTS) is 1. The number of hydrogen-bond donors (Lipinski definition) is 3. The maximum absolute atomic E-state index is 11.8. The van der Waals surface area contributed by atoms with E-state index >= 15 is 0 Å². The molecule has 0 bridgehead atoms. The van der Waals surface area contributed by atoms with Crippen LogP contribution < -0.4 is 0 Å². The molecule has 528 valence electrons. The van der Waals surface area contributed by atoms with Gasteiger partial charge >= 0.3 is 31.0 Å². The number of carbonyl (C=O) groups excluding carboxylic acids is 3. The van der Waals surface area contributed by atoms with Gasteiger partial charge in [-0.25, -0.2) is 19.2 Å². The minimum absolute atomic E-state index is 0.213. The van der Waals surface area contributed by atoms with E-state index in [9.17, 15) is 24.3 Å². The van der Waals surface area contributed by atoms with E-state index < -0.39 is 13.1 Å². The minimum Gasteiger partial charge on any atom is -0.478 e. The van der Waals surface area contributed by atoms with Crippen molar-refractivity contribution >= 4 is 112 Å². The van der Waals surface area contributed by atoms with E-state index in [2.05, 4.69) is 101 Å². The first-order valence-electron chi connectivity index (χ1n) is 34.3. The van der Waals surface area contributed by atoms with Gasteiger partial charge in [0.2, 0.25) is 0 Å². The van der Waals surface area contributed by atoms with E-state index in [1.807, 2.05) is 54.6 Å². The lowest BCUT2D eigenvalue weighted by Gasteiger charge is -2.26. The second-order valence-corrected chi connectivity index (χ2v) is 27.7. The van der Waals surface area contributed by atoms with Crippen LogP contribution >= 0.6 is 43.5 Å². The molecule has 21 nitrogen and oxygen atoms in total. The van der Waals surface area contributed by atoms with Gasteiger partial charge in [0.15, 0.2) is 0 Å². The van der Waals surface area contributed by atoms with Gasteiger partial charge < -0.3 is 62.0 Å². The van der Waals surface area contributed by atoms with Gasteiger partial charge in [-0.1, -0.05) is 40.9 Å². The summed E-state index contributed by atoms with van der Waals surface area (Å²) in [6.45, 7) is 21.7. The molecule has 0 radical (unpaired) electrons. The molecule has 3 N–H and O–H groups in total. The highest BCUT2D eigenvalue weighted by Gasteiger charge is 2.33. The first-order chi connectivity index (χ1) is 47.6. The number of carbonyl (C=O) groups is 4. The van der Waals surface area contributed by atoms with Crippen molar-refractivity contribution < 1.29 is 67.5 Å². The van der Waals surface area contributed by atoms with Gasteiger partial charge in [-0.2, -0.15) is 0 Å². The number of allylic oxidation sites excluding steroid dienone is 1. The van der Waals surface area contributed by atoms with Crippen molar-refractivity contribution in [1.82, 2.24) is 33.3 Å². The molecule has 0 amide bonds. The van der Waals surface area contributed by atoms with Crippen molar-refractivity contribution in [3.8, 4) is 0 Å². The summed E-state index contributed by atoms with van der Waals surface area (Å²) in [7, 11) is 3.18. The highest BCUT2D eigenvalue weighted by Crippen LogP contribution is 2.45. The fourth-order valence-corrected chi connectivity index (χ4v) is 13.9. The number of alkyl halides is 1. The molecule has 0 atom stereocenters. The molecule has 3 saturated carbocycles. The van der Waals surface area contributed by atoms with E-state index in [0.29, 0.717) is 34.1 Å². The fourth-order valence-electron chi connectivity index (χ4n) is 12.6. The molecule has 4 aliphatic heterocycles. The summed E-state index contributed by atoms with van der Waals surface area (Å²) in [5, 5.41) is 29.1. The summed E-state index contributed by atoms with van der Waals surface area (Å²) in [6, 6.07) is 22.7. The van der Waals surface area contributed by atoms with Crippen LogP contribution in [0.4, 0.5) is 0 Å². The summed E-state index contributed by atoms with van der Waals surface area (Å²) < 4.78 is 44.6. The molecule has 0 spiro atoms. The van der Waals surface area contributed by atoms with E-state index in [0.717, 1.165) is 212 Å². The average molecular weight is 1500 g/mol. The van der Waals surface area contributed by atoms with E-state index in [4.69, 9.17) is 50.1 Å². The molecule has 0 unspecified atom stereocenters. The van der Waals surface area contributed by atoms with Gasteiger partial charge in [0.05, 0.1) is 96.4 Å². The molecule has 7 aromatic rings. The Morgan fingerprint density at radius 2 is 0.857 bits per heavy atom. The van der Waals surface area contributed by atoms with Crippen LogP contribution in [0.25, 0.3) is 37.2 Å². The number of rotatable bonds is 18. The van der Waals surface area contributed by atoms with E-state index in [1.54, 1.807) is 12.1 Å². The van der Waals surface area contributed by atoms with Crippen LogP contribution in [-0.2, 0) is 59.2 Å². The molecule has 3 aromatic heterocycles. The molecular formula is C73H93BBr2ClN7O14. The molecule has 8 aliphatic rings. The number of fused-ring (bicyclic) bond motifs is 4. The predicted molar refractivity (Wildman–Crippen MR) is 388 cm³/mol. The average Bonchev–Trinajstić information content (AvgIpc) is 1.62. The molecule has 7 heterocycles. The Kier molecular flexibility index (Phi) is 28.3. The zero-order chi connectivity index (χ0) is 69.1. The van der Waals surface area contributed by atoms with E-state index in [-0.39, 0.29) is 23.7 Å². The number of ether oxygens (including phenoxy) is 7. The SMILES string of the molecule is COC(=O)c1ccc2c(c1)C(Br)=CC2.COC(=O)c1ccc2c(c1)c(Br)cn2CCN1CCOCC1.COC(=O)c1ccc2c(c1)c(C1CC1)cn2CCN1CCOCC1.ClCCN1CCOCC1.O=C(O)c1ccc2c(c1)c(C1CC1)cn2CCN1CCOCC1.OB(O)C1CC1. The Labute approximate surface area is 596 Å². The molecule has 4 aliphatic carbocycles. The number of morpholine rings is 4. The maximum Gasteiger partial charge on any atom is 0.454 e. The van der Waals surface area contributed by atoms with Crippen molar-refractivity contribution in [3.05, 3.63) is 146 Å². The zero-order valence-electron chi connectivity index (χ0n) is 56.6. The molecule has 15 rings (SSSR count). The highest BCUT2D eigenvalue weighted by atomic mass is 79.9. The number of aromatic nitrogens is 3. The highest BCUT2D eigenvalue weighted by molar-refractivity contribution is 9.15. The lowest BCUT2D eigenvalue weighted by molar-refractivity contribution is 0.0365. The van der Waals surface area contributed by atoms with Crippen LogP contribution in [0.5, 0.6) is 0 Å². The lowest BCUT2D eigenvalue weighted by atomic mass is 9.84. The van der Waals surface area contributed by atoms with Crippen molar-refractivity contribution in [1.29, 1.82) is 0 Å². The Morgan fingerprint density at radius 1 is 0.490 bits per heavy atom. The third kappa shape index (κ3) is 21.1. The summed E-state index contributed by atoms with van der Waals surface area (Å²) in [5.74, 6) is 0.505. The summed E-state index contributed by atoms with van der Waals surface area (Å²) in [6.07, 6.45) is 16.6. The third-order valence-corrected chi connectivity index (χ3v) is 20.5. The second kappa shape index (κ2) is 37.1.